The minimum atomic E-state index is -0.221. The maximum Gasteiger partial charge on any atom is 0.338 e. The molecule has 0 atom stereocenters. The van der Waals surface area contributed by atoms with Gasteiger partial charge in [0.15, 0.2) is 0 Å². The number of esters is 1. The SMILES string of the molecule is Cc1cccc(CBr)c1C(=O)OCC(C)C. The molecule has 0 aromatic heterocycles. The first-order valence-corrected chi connectivity index (χ1v) is 6.50. The van der Waals surface area contributed by atoms with Gasteiger partial charge in [0.2, 0.25) is 0 Å². The second-order valence-electron chi connectivity index (χ2n) is 4.23. The van der Waals surface area contributed by atoms with Crippen LogP contribution in [0.5, 0.6) is 0 Å². The lowest BCUT2D eigenvalue weighted by atomic mass is 10.0. The molecule has 16 heavy (non-hydrogen) atoms. The molecule has 0 aliphatic carbocycles. The molecule has 0 N–H and O–H groups in total. The van der Waals surface area contributed by atoms with Gasteiger partial charge in [0, 0.05) is 5.33 Å². The summed E-state index contributed by atoms with van der Waals surface area (Å²) < 4.78 is 5.25. The first-order valence-electron chi connectivity index (χ1n) is 5.37. The zero-order valence-corrected chi connectivity index (χ0v) is 11.5. The van der Waals surface area contributed by atoms with Crippen molar-refractivity contribution in [2.45, 2.75) is 26.1 Å². The van der Waals surface area contributed by atoms with E-state index in [-0.39, 0.29) is 5.97 Å². The Hall–Kier alpha value is -0.830. The lowest BCUT2D eigenvalue weighted by Crippen LogP contribution is -2.13. The van der Waals surface area contributed by atoms with E-state index >= 15 is 0 Å². The molecular formula is C13H17BrO2. The van der Waals surface area contributed by atoms with Crippen LogP contribution in [0.1, 0.15) is 35.3 Å². The average Bonchev–Trinajstić information content (AvgIpc) is 2.25. The zero-order chi connectivity index (χ0) is 12.1. The van der Waals surface area contributed by atoms with Gasteiger partial charge in [-0.25, -0.2) is 4.79 Å². The number of benzene rings is 1. The summed E-state index contributed by atoms with van der Waals surface area (Å²) in [7, 11) is 0. The van der Waals surface area contributed by atoms with E-state index in [9.17, 15) is 4.79 Å². The minimum Gasteiger partial charge on any atom is -0.462 e. The van der Waals surface area contributed by atoms with Crippen LogP contribution in [0.2, 0.25) is 0 Å². The Morgan fingerprint density at radius 3 is 2.69 bits per heavy atom. The van der Waals surface area contributed by atoms with Gasteiger partial charge in [-0.15, -0.1) is 0 Å². The summed E-state index contributed by atoms with van der Waals surface area (Å²) in [6.45, 7) is 6.44. The second kappa shape index (κ2) is 6.04. The molecule has 1 aromatic carbocycles. The van der Waals surface area contributed by atoms with Crippen LogP contribution in [0, 0.1) is 12.8 Å². The highest BCUT2D eigenvalue weighted by atomic mass is 79.9. The van der Waals surface area contributed by atoms with E-state index in [2.05, 4.69) is 15.9 Å². The van der Waals surface area contributed by atoms with E-state index in [1.165, 1.54) is 0 Å². The average molecular weight is 285 g/mol. The van der Waals surface area contributed by atoms with Crippen LogP contribution >= 0.6 is 15.9 Å². The van der Waals surface area contributed by atoms with Crippen LogP contribution in [-0.4, -0.2) is 12.6 Å². The Labute approximate surface area is 105 Å². The molecule has 3 heteroatoms. The Morgan fingerprint density at radius 2 is 2.12 bits per heavy atom. The van der Waals surface area contributed by atoms with Crippen molar-refractivity contribution >= 4 is 21.9 Å². The predicted molar refractivity (Wildman–Crippen MR) is 68.9 cm³/mol. The zero-order valence-electron chi connectivity index (χ0n) is 9.92. The number of carbonyl (C=O) groups is 1. The molecule has 0 spiro atoms. The molecule has 0 radical (unpaired) electrons. The quantitative estimate of drug-likeness (QED) is 0.622. The lowest BCUT2D eigenvalue weighted by molar-refractivity contribution is 0.0457. The van der Waals surface area contributed by atoms with Crippen molar-refractivity contribution in [3.05, 3.63) is 34.9 Å². The Morgan fingerprint density at radius 1 is 1.44 bits per heavy atom. The first-order chi connectivity index (χ1) is 7.56. The monoisotopic (exact) mass is 284 g/mol. The molecule has 0 amide bonds. The lowest BCUT2D eigenvalue weighted by Gasteiger charge is -2.11. The molecule has 0 aliphatic rings. The molecular weight excluding hydrogens is 268 g/mol. The van der Waals surface area contributed by atoms with E-state index in [0.29, 0.717) is 23.4 Å². The normalized spacial score (nSPS) is 10.6. The molecule has 88 valence electrons. The van der Waals surface area contributed by atoms with Gasteiger partial charge in [-0.1, -0.05) is 48.0 Å². The van der Waals surface area contributed by atoms with Gasteiger partial charge >= 0.3 is 5.97 Å². The molecule has 0 saturated carbocycles. The molecule has 2 nitrogen and oxygen atoms in total. The smallest absolute Gasteiger partial charge is 0.338 e. The summed E-state index contributed by atoms with van der Waals surface area (Å²) in [5, 5.41) is 0.667. The van der Waals surface area contributed by atoms with E-state index in [4.69, 9.17) is 4.74 Å². The van der Waals surface area contributed by atoms with E-state index in [1.807, 2.05) is 39.0 Å². The molecule has 0 fully saturated rings. The van der Waals surface area contributed by atoms with E-state index in [1.54, 1.807) is 0 Å². The van der Waals surface area contributed by atoms with Crippen molar-refractivity contribution in [1.82, 2.24) is 0 Å². The fourth-order valence-electron chi connectivity index (χ4n) is 1.45. The van der Waals surface area contributed by atoms with Gasteiger partial charge < -0.3 is 4.74 Å². The van der Waals surface area contributed by atoms with Crippen LogP contribution in [0.25, 0.3) is 0 Å². The van der Waals surface area contributed by atoms with Gasteiger partial charge in [0.25, 0.3) is 0 Å². The topological polar surface area (TPSA) is 26.3 Å². The molecule has 0 bridgehead atoms. The number of aryl methyl sites for hydroxylation is 1. The third-order valence-corrected chi connectivity index (χ3v) is 2.86. The molecule has 0 aliphatic heterocycles. The molecule has 0 heterocycles. The van der Waals surface area contributed by atoms with Crippen LogP contribution < -0.4 is 0 Å². The fraction of sp³-hybridized carbons (Fsp3) is 0.462. The predicted octanol–water partition coefficient (Wildman–Crippen LogP) is 3.70. The number of carbonyl (C=O) groups excluding carboxylic acids is 1. The van der Waals surface area contributed by atoms with Crippen molar-refractivity contribution in [3.63, 3.8) is 0 Å². The Bertz CT molecular complexity index is 372. The highest BCUT2D eigenvalue weighted by molar-refractivity contribution is 9.08. The molecule has 0 unspecified atom stereocenters. The van der Waals surface area contributed by atoms with Crippen LogP contribution in [0.3, 0.4) is 0 Å². The maximum absolute atomic E-state index is 11.9. The van der Waals surface area contributed by atoms with Crippen molar-refractivity contribution in [2.24, 2.45) is 5.92 Å². The van der Waals surface area contributed by atoms with Gasteiger partial charge in [-0.05, 0) is 24.0 Å². The van der Waals surface area contributed by atoms with Crippen molar-refractivity contribution in [1.29, 1.82) is 0 Å². The van der Waals surface area contributed by atoms with Gasteiger partial charge in [0.05, 0.1) is 12.2 Å². The standard InChI is InChI=1S/C13H17BrO2/c1-9(2)8-16-13(15)12-10(3)5-4-6-11(12)7-14/h4-6,9H,7-8H2,1-3H3. The van der Waals surface area contributed by atoms with E-state index in [0.717, 1.165) is 11.1 Å². The van der Waals surface area contributed by atoms with Crippen molar-refractivity contribution in [3.8, 4) is 0 Å². The minimum absolute atomic E-state index is 0.221. The largest absolute Gasteiger partial charge is 0.462 e. The van der Waals surface area contributed by atoms with E-state index < -0.39 is 0 Å². The summed E-state index contributed by atoms with van der Waals surface area (Å²) >= 11 is 3.38. The number of rotatable bonds is 4. The Balaban J connectivity index is 2.89. The summed E-state index contributed by atoms with van der Waals surface area (Å²) in [5.41, 5.74) is 2.64. The van der Waals surface area contributed by atoms with Crippen LogP contribution in [-0.2, 0) is 10.1 Å². The number of halogens is 1. The van der Waals surface area contributed by atoms with Crippen molar-refractivity contribution < 1.29 is 9.53 Å². The number of alkyl halides is 1. The summed E-state index contributed by atoms with van der Waals surface area (Å²) in [6.07, 6.45) is 0. The van der Waals surface area contributed by atoms with Crippen molar-refractivity contribution in [2.75, 3.05) is 6.61 Å². The highest BCUT2D eigenvalue weighted by Gasteiger charge is 2.15. The van der Waals surface area contributed by atoms with Crippen LogP contribution in [0.15, 0.2) is 18.2 Å². The number of hydrogen-bond acceptors (Lipinski definition) is 2. The fourth-order valence-corrected chi connectivity index (χ4v) is 1.91. The number of ether oxygens (including phenoxy) is 1. The first kappa shape index (κ1) is 13.2. The highest BCUT2D eigenvalue weighted by Crippen LogP contribution is 2.18. The summed E-state index contributed by atoms with van der Waals surface area (Å²) in [6, 6.07) is 5.82. The summed E-state index contributed by atoms with van der Waals surface area (Å²) in [5.74, 6) is 0.140. The van der Waals surface area contributed by atoms with Gasteiger partial charge in [0.1, 0.15) is 0 Å². The van der Waals surface area contributed by atoms with Gasteiger partial charge in [-0.3, -0.25) is 0 Å². The third-order valence-electron chi connectivity index (χ3n) is 2.25. The van der Waals surface area contributed by atoms with Crippen LogP contribution in [0.4, 0.5) is 0 Å². The third kappa shape index (κ3) is 3.34. The Kier molecular flexibility index (Phi) is 5.00. The second-order valence-corrected chi connectivity index (χ2v) is 4.80. The molecule has 1 aromatic rings. The van der Waals surface area contributed by atoms with Gasteiger partial charge in [-0.2, -0.15) is 0 Å². The molecule has 1 rings (SSSR count). The number of hydrogen-bond donors (Lipinski definition) is 0. The maximum atomic E-state index is 11.9. The molecule has 0 saturated heterocycles. The summed E-state index contributed by atoms with van der Waals surface area (Å²) in [4.78, 5) is 11.9.